The standard InChI is InChI=1S/C27H24N4O2S/c1-16-17(2)34-27-24(16)25(28-22(15-23(32)33)26-30-29-18(3)31(26)27)21-13-11-20(12-14-21)10-9-19-7-5-4-6-8-19/h4-14,22H,15H2,1-3H3,(H,32,33)/t22-/m0/s1. The molecule has 170 valence electrons. The Morgan fingerprint density at radius 3 is 2.35 bits per heavy atom. The van der Waals surface area contributed by atoms with E-state index in [9.17, 15) is 9.90 Å². The van der Waals surface area contributed by atoms with Crippen molar-refractivity contribution in [2.45, 2.75) is 33.2 Å². The fourth-order valence-corrected chi connectivity index (χ4v) is 5.41. The number of carboxylic acids is 1. The van der Waals surface area contributed by atoms with E-state index in [0.717, 1.165) is 44.4 Å². The zero-order valence-corrected chi connectivity index (χ0v) is 20.0. The number of hydrogen-bond acceptors (Lipinski definition) is 5. The van der Waals surface area contributed by atoms with Crippen molar-refractivity contribution in [2.24, 2.45) is 4.99 Å². The van der Waals surface area contributed by atoms with Gasteiger partial charge in [-0.3, -0.25) is 14.4 Å². The molecule has 0 fully saturated rings. The molecule has 7 heteroatoms. The molecule has 1 aliphatic heterocycles. The molecule has 0 saturated heterocycles. The summed E-state index contributed by atoms with van der Waals surface area (Å²) in [6.07, 6.45) is 4.02. The number of carboxylic acid groups (broad SMARTS) is 1. The summed E-state index contributed by atoms with van der Waals surface area (Å²) in [5.41, 5.74) is 6.13. The van der Waals surface area contributed by atoms with Crippen molar-refractivity contribution in [2.75, 3.05) is 0 Å². The summed E-state index contributed by atoms with van der Waals surface area (Å²) in [6.45, 7) is 6.08. The third kappa shape index (κ3) is 3.99. The van der Waals surface area contributed by atoms with Gasteiger partial charge in [-0.15, -0.1) is 21.5 Å². The van der Waals surface area contributed by atoms with Crippen LogP contribution < -0.4 is 0 Å². The first-order chi connectivity index (χ1) is 16.4. The second-order valence-electron chi connectivity index (χ2n) is 8.36. The predicted molar refractivity (Wildman–Crippen MR) is 136 cm³/mol. The third-order valence-electron chi connectivity index (χ3n) is 6.06. The fraction of sp³-hybridized carbons (Fsp3) is 0.185. The van der Waals surface area contributed by atoms with Crippen LogP contribution in [0.4, 0.5) is 0 Å². The summed E-state index contributed by atoms with van der Waals surface area (Å²) < 4.78 is 1.97. The normalized spacial score (nSPS) is 15.0. The van der Waals surface area contributed by atoms with Gasteiger partial charge >= 0.3 is 5.97 Å². The molecular weight excluding hydrogens is 444 g/mol. The quantitative estimate of drug-likeness (QED) is 0.376. The molecule has 2 aromatic carbocycles. The second kappa shape index (κ2) is 8.83. The van der Waals surface area contributed by atoms with E-state index in [2.05, 4.69) is 72.6 Å². The average Bonchev–Trinajstić information content (AvgIpc) is 3.31. The first-order valence-electron chi connectivity index (χ1n) is 11.1. The lowest BCUT2D eigenvalue weighted by molar-refractivity contribution is -0.137. The Morgan fingerprint density at radius 2 is 1.68 bits per heavy atom. The van der Waals surface area contributed by atoms with E-state index in [-0.39, 0.29) is 6.42 Å². The molecule has 0 radical (unpaired) electrons. The van der Waals surface area contributed by atoms with Crippen molar-refractivity contribution in [1.29, 1.82) is 0 Å². The minimum Gasteiger partial charge on any atom is -0.481 e. The van der Waals surface area contributed by atoms with Crippen LogP contribution in [-0.2, 0) is 4.79 Å². The number of rotatable bonds is 5. The minimum atomic E-state index is -0.917. The highest BCUT2D eigenvalue weighted by Gasteiger charge is 2.32. The molecule has 0 spiro atoms. The van der Waals surface area contributed by atoms with Gasteiger partial charge in [0.05, 0.1) is 12.1 Å². The monoisotopic (exact) mass is 468 g/mol. The summed E-state index contributed by atoms with van der Waals surface area (Å²) in [7, 11) is 0. The van der Waals surface area contributed by atoms with E-state index in [1.807, 2.05) is 29.7 Å². The molecule has 0 amide bonds. The lowest BCUT2D eigenvalue weighted by Crippen LogP contribution is -2.10. The van der Waals surface area contributed by atoms with Gasteiger partial charge in [-0.1, -0.05) is 66.7 Å². The van der Waals surface area contributed by atoms with E-state index in [1.54, 1.807) is 11.3 Å². The summed E-state index contributed by atoms with van der Waals surface area (Å²) in [5.74, 6) is 0.380. The number of aromatic nitrogens is 3. The highest BCUT2D eigenvalue weighted by Crippen LogP contribution is 2.39. The van der Waals surface area contributed by atoms with Crippen LogP contribution in [0.3, 0.4) is 0 Å². The van der Waals surface area contributed by atoms with Crippen molar-refractivity contribution >= 4 is 35.2 Å². The molecular formula is C27H24N4O2S. The number of nitrogens with zero attached hydrogens (tertiary/aromatic N) is 4. The van der Waals surface area contributed by atoms with Crippen molar-refractivity contribution in [1.82, 2.24) is 14.8 Å². The minimum absolute atomic E-state index is 0.146. The molecule has 0 bridgehead atoms. The molecule has 0 unspecified atom stereocenters. The van der Waals surface area contributed by atoms with Crippen molar-refractivity contribution < 1.29 is 9.90 Å². The first kappa shape index (κ1) is 22.0. The van der Waals surface area contributed by atoms with Crippen LogP contribution in [0.5, 0.6) is 0 Å². The molecule has 0 saturated carbocycles. The molecule has 1 N–H and O–H groups in total. The second-order valence-corrected chi connectivity index (χ2v) is 9.56. The number of aliphatic imine (C=N–C) groups is 1. The molecule has 1 atom stereocenters. The molecule has 0 aliphatic carbocycles. The Kier molecular flexibility index (Phi) is 5.71. The Balaban J connectivity index is 1.60. The Labute approximate surface area is 202 Å². The topological polar surface area (TPSA) is 80.4 Å². The molecule has 34 heavy (non-hydrogen) atoms. The van der Waals surface area contributed by atoms with E-state index in [0.29, 0.717) is 5.82 Å². The average molecular weight is 469 g/mol. The van der Waals surface area contributed by atoms with Crippen LogP contribution in [0.25, 0.3) is 17.2 Å². The van der Waals surface area contributed by atoms with Crippen molar-refractivity contribution in [3.05, 3.63) is 98.9 Å². The van der Waals surface area contributed by atoms with Crippen LogP contribution in [0.1, 0.15) is 56.8 Å². The number of hydrogen-bond donors (Lipinski definition) is 1. The maximum absolute atomic E-state index is 11.7. The smallest absolute Gasteiger partial charge is 0.306 e. The molecule has 2 aromatic heterocycles. The number of thiophene rings is 1. The first-order valence-corrected chi connectivity index (χ1v) is 11.9. The van der Waals surface area contributed by atoms with Gasteiger partial charge in [0.1, 0.15) is 16.9 Å². The number of carbonyl (C=O) groups is 1. The predicted octanol–water partition coefficient (Wildman–Crippen LogP) is 5.79. The summed E-state index contributed by atoms with van der Waals surface area (Å²) in [4.78, 5) is 17.8. The van der Waals surface area contributed by atoms with Gasteiger partial charge in [-0.2, -0.15) is 0 Å². The molecule has 3 heterocycles. The number of fused-ring (bicyclic) bond motifs is 3. The lowest BCUT2D eigenvalue weighted by atomic mass is 9.98. The Morgan fingerprint density at radius 1 is 1.00 bits per heavy atom. The fourth-order valence-electron chi connectivity index (χ4n) is 4.20. The van der Waals surface area contributed by atoms with E-state index >= 15 is 0 Å². The van der Waals surface area contributed by atoms with E-state index in [4.69, 9.17) is 4.99 Å². The lowest BCUT2D eigenvalue weighted by Gasteiger charge is -2.11. The molecule has 5 rings (SSSR count). The molecule has 1 aliphatic rings. The van der Waals surface area contributed by atoms with E-state index in [1.165, 1.54) is 4.88 Å². The number of benzene rings is 2. The summed E-state index contributed by atoms with van der Waals surface area (Å²) >= 11 is 1.66. The summed E-state index contributed by atoms with van der Waals surface area (Å²) in [5, 5.41) is 19.1. The van der Waals surface area contributed by atoms with Gasteiger partial charge in [-0.05, 0) is 37.5 Å². The molecule has 6 nitrogen and oxygen atoms in total. The van der Waals surface area contributed by atoms with Gasteiger partial charge in [0.2, 0.25) is 0 Å². The van der Waals surface area contributed by atoms with E-state index < -0.39 is 12.0 Å². The van der Waals surface area contributed by atoms with Crippen molar-refractivity contribution in [3.8, 4) is 5.00 Å². The number of aliphatic carboxylic acids is 1. The largest absolute Gasteiger partial charge is 0.481 e. The van der Waals surface area contributed by atoms with Gasteiger partial charge in [0.15, 0.2) is 5.82 Å². The zero-order valence-electron chi connectivity index (χ0n) is 19.2. The van der Waals surface area contributed by atoms with Crippen LogP contribution in [-0.4, -0.2) is 31.6 Å². The van der Waals surface area contributed by atoms with Crippen LogP contribution in [0, 0.1) is 20.8 Å². The zero-order chi connectivity index (χ0) is 23.8. The van der Waals surface area contributed by atoms with Crippen LogP contribution in [0.2, 0.25) is 0 Å². The maximum Gasteiger partial charge on any atom is 0.306 e. The third-order valence-corrected chi connectivity index (χ3v) is 7.25. The number of aryl methyl sites for hydroxylation is 2. The Hall–Kier alpha value is -3.84. The Bertz CT molecular complexity index is 1430. The van der Waals surface area contributed by atoms with Gasteiger partial charge in [0.25, 0.3) is 0 Å². The highest BCUT2D eigenvalue weighted by atomic mass is 32.1. The maximum atomic E-state index is 11.7. The van der Waals surface area contributed by atoms with Gasteiger partial charge < -0.3 is 5.11 Å². The summed E-state index contributed by atoms with van der Waals surface area (Å²) in [6, 6.07) is 17.8. The van der Waals surface area contributed by atoms with Crippen LogP contribution in [0.15, 0.2) is 59.6 Å². The molecule has 4 aromatic rings. The van der Waals surface area contributed by atoms with Crippen molar-refractivity contribution in [3.63, 3.8) is 0 Å². The van der Waals surface area contributed by atoms with Crippen LogP contribution >= 0.6 is 11.3 Å². The van der Waals surface area contributed by atoms with Gasteiger partial charge in [-0.25, -0.2) is 0 Å². The SMILES string of the molecule is Cc1sc2c(c1C)C(c1ccc(C=Cc3ccccc3)cc1)=N[C@@H](CC(=O)O)c1nnc(C)n1-2. The van der Waals surface area contributed by atoms with Gasteiger partial charge in [0, 0.05) is 16.0 Å². The highest BCUT2D eigenvalue weighted by molar-refractivity contribution is 7.15.